The van der Waals surface area contributed by atoms with Gasteiger partial charge in [-0.25, -0.2) is 9.37 Å². The van der Waals surface area contributed by atoms with Crippen molar-refractivity contribution >= 4 is 18.1 Å². The summed E-state index contributed by atoms with van der Waals surface area (Å²) in [5.74, 6) is -0.0223. The number of benzene rings is 1. The molecule has 3 atom stereocenters. The molecule has 220 valence electrons. The van der Waals surface area contributed by atoms with Crippen LogP contribution in [0.3, 0.4) is 0 Å². The van der Waals surface area contributed by atoms with E-state index in [0.29, 0.717) is 55.3 Å². The van der Waals surface area contributed by atoms with Crippen LogP contribution >= 0.6 is 0 Å². The molecule has 3 aliphatic rings. The molecule has 2 saturated heterocycles. The minimum absolute atomic E-state index is 0.0112. The van der Waals surface area contributed by atoms with Gasteiger partial charge in [0.15, 0.2) is 0 Å². The fourth-order valence-electron chi connectivity index (χ4n) is 5.46. The van der Waals surface area contributed by atoms with Crippen LogP contribution < -0.4 is 15.0 Å². The Morgan fingerprint density at radius 2 is 2.00 bits per heavy atom. The molecule has 12 heteroatoms. The highest BCUT2D eigenvalue weighted by atomic mass is 19.1. The third kappa shape index (κ3) is 7.77. The number of carboxylic acid groups (broad SMARTS) is 1. The van der Waals surface area contributed by atoms with Gasteiger partial charge in [-0.2, -0.15) is 5.26 Å². The molecule has 11 nitrogen and oxygen atoms in total. The quantitative estimate of drug-likeness (QED) is 0.494. The van der Waals surface area contributed by atoms with Crippen molar-refractivity contribution in [2.45, 2.75) is 38.4 Å². The number of anilines is 1. The molecule has 1 aromatic carbocycles. The first kappa shape index (κ1) is 30.3. The number of fused-ring (bicyclic) bond motifs is 1. The summed E-state index contributed by atoms with van der Waals surface area (Å²) in [6.45, 7) is 9.97. The Balaban J connectivity index is 0.00000124. The Hall–Kier alpha value is -3.63. The van der Waals surface area contributed by atoms with E-state index in [1.54, 1.807) is 17.0 Å². The lowest BCUT2D eigenvalue weighted by molar-refractivity contribution is -0.123. The Labute approximate surface area is 239 Å². The fourth-order valence-corrected chi connectivity index (χ4v) is 5.46. The number of nitrogens with one attached hydrogen (secondary N) is 1. The van der Waals surface area contributed by atoms with Crippen molar-refractivity contribution in [1.82, 2.24) is 20.1 Å². The standard InChI is InChI=1S/C28H35FN6O3.CH2O2/c1-19-15-34(24(14-31-19)16-33-7-9-37-18-20(33)2)17-27(36)35-8-10-38-28-26(35)12-22(25(13-30)32-28)11-21-3-5-23(29)6-4-21;2-1-3/h3-6,12,19-20,24,31H,7-11,14-18H2,1-2H3;1H,(H,2,3)/t19-,20-,24-;/m1./s1. The number of piperazine rings is 1. The van der Waals surface area contributed by atoms with E-state index in [4.69, 9.17) is 19.4 Å². The van der Waals surface area contributed by atoms with Crippen molar-refractivity contribution in [3.05, 3.63) is 53.0 Å². The minimum atomic E-state index is -0.313. The third-order valence-corrected chi connectivity index (χ3v) is 7.62. The predicted octanol–water partition coefficient (Wildman–Crippen LogP) is 1.49. The van der Waals surface area contributed by atoms with E-state index in [1.165, 1.54) is 12.1 Å². The molecule has 2 N–H and O–H groups in total. The molecule has 0 saturated carbocycles. The fraction of sp³-hybridized carbons (Fsp3) is 0.517. The summed E-state index contributed by atoms with van der Waals surface area (Å²) in [7, 11) is 0. The number of carbonyl (C=O) groups excluding carboxylic acids is 1. The van der Waals surface area contributed by atoms with E-state index in [-0.39, 0.29) is 29.9 Å². The Morgan fingerprint density at radius 3 is 2.71 bits per heavy atom. The number of amides is 1. The first-order valence-corrected chi connectivity index (χ1v) is 13.8. The zero-order chi connectivity index (χ0) is 29.4. The lowest BCUT2D eigenvalue weighted by Gasteiger charge is -2.44. The number of nitriles is 1. The van der Waals surface area contributed by atoms with Crippen LogP contribution in [0.2, 0.25) is 0 Å². The molecule has 1 aromatic heterocycles. The summed E-state index contributed by atoms with van der Waals surface area (Å²) in [5.41, 5.74) is 2.36. The number of hydrogen-bond acceptors (Lipinski definition) is 9. The highest BCUT2D eigenvalue weighted by molar-refractivity contribution is 5.96. The molecule has 0 bridgehead atoms. The lowest BCUT2D eigenvalue weighted by atomic mass is 10.0. The zero-order valence-corrected chi connectivity index (χ0v) is 23.5. The molecule has 2 aromatic rings. The summed E-state index contributed by atoms with van der Waals surface area (Å²) in [4.78, 5) is 33.0. The molecule has 4 heterocycles. The van der Waals surface area contributed by atoms with Crippen molar-refractivity contribution in [2.24, 2.45) is 0 Å². The van der Waals surface area contributed by atoms with Gasteiger partial charge >= 0.3 is 0 Å². The number of morpholine rings is 1. The van der Waals surface area contributed by atoms with Crippen LogP contribution in [0.4, 0.5) is 10.1 Å². The lowest BCUT2D eigenvalue weighted by Crippen LogP contribution is -2.62. The Morgan fingerprint density at radius 1 is 1.24 bits per heavy atom. The smallest absolute Gasteiger partial charge is 0.290 e. The van der Waals surface area contributed by atoms with Gasteiger partial charge in [0.05, 0.1) is 26.3 Å². The van der Waals surface area contributed by atoms with Crippen molar-refractivity contribution in [1.29, 1.82) is 5.26 Å². The summed E-state index contributed by atoms with van der Waals surface area (Å²) >= 11 is 0. The van der Waals surface area contributed by atoms with E-state index in [1.807, 2.05) is 6.07 Å². The van der Waals surface area contributed by atoms with Crippen LogP contribution in [0.5, 0.6) is 5.88 Å². The molecule has 0 radical (unpaired) electrons. The molecular formula is C29H37FN6O5. The van der Waals surface area contributed by atoms with Crippen LogP contribution in [-0.2, 0) is 20.7 Å². The van der Waals surface area contributed by atoms with Crippen molar-refractivity contribution < 1.29 is 28.6 Å². The number of halogens is 1. The molecule has 0 spiro atoms. The zero-order valence-electron chi connectivity index (χ0n) is 23.5. The van der Waals surface area contributed by atoms with E-state index in [0.717, 1.165) is 45.0 Å². The van der Waals surface area contributed by atoms with Gasteiger partial charge in [0, 0.05) is 50.7 Å². The maximum Gasteiger partial charge on any atom is 0.290 e. The van der Waals surface area contributed by atoms with E-state index < -0.39 is 0 Å². The summed E-state index contributed by atoms with van der Waals surface area (Å²) in [6, 6.07) is 11.0. The SMILES string of the molecule is C[C@@H]1CN(CC(=O)N2CCOc3nc(C#N)c(Cc4ccc(F)cc4)cc32)[C@@H](CN2CCOC[C@H]2C)CN1.O=CO. The molecule has 1 amide bonds. The average Bonchev–Trinajstić information content (AvgIpc) is 2.96. The first-order valence-electron chi connectivity index (χ1n) is 13.8. The first-order chi connectivity index (χ1) is 19.8. The van der Waals surface area contributed by atoms with E-state index in [9.17, 15) is 14.4 Å². The second kappa shape index (κ2) is 14.3. The number of nitrogens with zero attached hydrogens (tertiary/aromatic N) is 5. The van der Waals surface area contributed by atoms with Crippen molar-refractivity contribution in [3.63, 3.8) is 0 Å². The van der Waals surface area contributed by atoms with Gasteiger partial charge in [-0.15, -0.1) is 0 Å². The minimum Gasteiger partial charge on any atom is -0.483 e. The number of hydrogen-bond donors (Lipinski definition) is 2. The normalized spacial score (nSPS) is 22.9. The second-order valence-electron chi connectivity index (χ2n) is 10.5. The van der Waals surface area contributed by atoms with E-state index in [2.05, 4.69) is 40.0 Å². The van der Waals surface area contributed by atoms with Crippen molar-refractivity contribution in [2.75, 3.05) is 64.0 Å². The molecular weight excluding hydrogens is 531 g/mol. The average molecular weight is 569 g/mol. The monoisotopic (exact) mass is 568 g/mol. The molecule has 41 heavy (non-hydrogen) atoms. The number of pyridine rings is 1. The molecule has 3 aliphatic heterocycles. The van der Waals surface area contributed by atoms with Crippen LogP contribution in [-0.4, -0.2) is 109 Å². The molecule has 5 rings (SSSR count). The van der Waals surface area contributed by atoms with Gasteiger partial charge in [0.2, 0.25) is 11.8 Å². The summed E-state index contributed by atoms with van der Waals surface area (Å²) in [6.07, 6.45) is 0.403. The van der Waals surface area contributed by atoms with Crippen LogP contribution in [0, 0.1) is 17.1 Å². The summed E-state index contributed by atoms with van der Waals surface area (Å²) < 4.78 is 24.8. The topological polar surface area (TPSA) is 131 Å². The number of rotatable bonds is 6. The molecule has 0 unspecified atom stereocenters. The molecule has 2 fully saturated rings. The number of aromatic nitrogens is 1. The van der Waals surface area contributed by atoms with Crippen LogP contribution in [0.1, 0.15) is 30.7 Å². The predicted molar refractivity (Wildman–Crippen MR) is 149 cm³/mol. The van der Waals surface area contributed by atoms with Gasteiger partial charge in [-0.1, -0.05) is 12.1 Å². The van der Waals surface area contributed by atoms with Gasteiger partial charge in [-0.3, -0.25) is 19.4 Å². The van der Waals surface area contributed by atoms with Gasteiger partial charge in [-0.05, 0) is 43.2 Å². The number of ether oxygens (including phenoxy) is 2. The van der Waals surface area contributed by atoms with Gasteiger partial charge in [0.1, 0.15) is 29.9 Å². The Kier molecular flexibility index (Phi) is 10.6. The maximum atomic E-state index is 13.7. The van der Waals surface area contributed by atoms with Crippen LogP contribution in [0.25, 0.3) is 0 Å². The van der Waals surface area contributed by atoms with Gasteiger partial charge < -0.3 is 24.8 Å². The second-order valence-corrected chi connectivity index (χ2v) is 10.5. The third-order valence-electron chi connectivity index (χ3n) is 7.62. The molecule has 0 aliphatic carbocycles. The van der Waals surface area contributed by atoms with Gasteiger partial charge in [0.25, 0.3) is 6.47 Å². The Bertz CT molecular complexity index is 1240. The highest BCUT2D eigenvalue weighted by Gasteiger charge is 2.34. The van der Waals surface area contributed by atoms with Crippen LogP contribution in [0.15, 0.2) is 30.3 Å². The highest BCUT2D eigenvalue weighted by Crippen LogP contribution is 2.33. The summed E-state index contributed by atoms with van der Waals surface area (Å²) in [5, 5.41) is 20.2. The maximum absolute atomic E-state index is 13.7. The number of carbonyl (C=O) groups is 2. The largest absolute Gasteiger partial charge is 0.483 e. The van der Waals surface area contributed by atoms with E-state index >= 15 is 0 Å². The van der Waals surface area contributed by atoms with Crippen molar-refractivity contribution in [3.8, 4) is 11.9 Å².